The summed E-state index contributed by atoms with van der Waals surface area (Å²) in [5.41, 5.74) is 7.09. The van der Waals surface area contributed by atoms with Crippen LogP contribution in [-0.2, 0) is 4.79 Å². The van der Waals surface area contributed by atoms with Crippen LogP contribution in [0.2, 0.25) is 0 Å². The van der Waals surface area contributed by atoms with Crippen LogP contribution in [0.15, 0.2) is 5.38 Å². The molecule has 0 bridgehead atoms. The second-order valence-corrected chi connectivity index (χ2v) is 6.42. The molecule has 106 valence electrons. The van der Waals surface area contributed by atoms with E-state index in [2.05, 4.69) is 10.3 Å². The molecule has 1 saturated carbocycles. The van der Waals surface area contributed by atoms with Gasteiger partial charge in [0.15, 0.2) is 0 Å². The zero-order valence-corrected chi connectivity index (χ0v) is 12.5. The summed E-state index contributed by atoms with van der Waals surface area (Å²) in [7, 11) is 0. The van der Waals surface area contributed by atoms with Gasteiger partial charge in [0.05, 0.1) is 6.04 Å². The van der Waals surface area contributed by atoms with Crippen LogP contribution < -0.4 is 11.1 Å². The fourth-order valence-corrected chi connectivity index (χ4v) is 3.46. The topological polar surface area (TPSA) is 68.0 Å². The third-order valence-electron chi connectivity index (χ3n) is 3.80. The summed E-state index contributed by atoms with van der Waals surface area (Å²) < 4.78 is 0. The first-order chi connectivity index (χ1) is 9.06. The molecule has 1 heterocycles. The van der Waals surface area contributed by atoms with Crippen LogP contribution in [0.5, 0.6) is 0 Å². The fourth-order valence-electron chi connectivity index (χ4n) is 2.66. The van der Waals surface area contributed by atoms with Crippen LogP contribution in [0.25, 0.3) is 0 Å². The lowest BCUT2D eigenvalue weighted by Gasteiger charge is -2.28. The molecule has 2 rings (SSSR count). The van der Waals surface area contributed by atoms with E-state index in [-0.39, 0.29) is 18.0 Å². The van der Waals surface area contributed by atoms with E-state index in [0.29, 0.717) is 12.3 Å². The minimum absolute atomic E-state index is 0.00832. The number of hydrogen-bond donors (Lipinski definition) is 2. The van der Waals surface area contributed by atoms with Gasteiger partial charge in [-0.2, -0.15) is 0 Å². The van der Waals surface area contributed by atoms with Gasteiger partial charge >= 0.3 is 0 Å². The molecule has 1 fully saturated rings. The first-order valence-electron chi connectivity index (χ1n) is 7.03. The standard InChI is InChI=1S/C14H23N3OS/c1-9-8-19-14(16-9)10(2)17-13(18)7-11-5-3-4-6-12(11)15/h8,10-12H,3-7,15H2,1-2H3,(H,17,18). The van der Waals surface area contributed by atoms with Gasteiger partial charge in [0.25, 0.3) is 0 Å². The van der Waals surface area contributed by atoms with E-state index in [9.17, 15) is 4.79 Å². The molecule has 5 heteroatoms. The van der Waals surface area contributed by atoms with E-state index >= 15 is 0 Å². The largest absolute Gasteiger partial charge is 0.347 e. The summed E-state index contributed by atoms with van der Waals surface area (Å²) in [6.45, 7) is 3.95. The number of carbonyl (C=O) groups excluding carboxylic acids is 1. The predicted molar refractivity (Wildman–Crippen MR) is 78.0 cm³/mol. The molecule has 4 nitrogen and oxygen atoms in total. The summed E-state index contributed by atoms with van der Waals surface area (Å²) in [4.78, 5) is 16.5. The summed E-state index contributed by atoms with van der Waals surface area (Å²) in [5.74, 6) is 0.446. The van der Waals surface area contributed by atoms with Gasteiger partial charge in [-0.05, 0) is 32.6 Å². The molecule has 19 heavy (non-hydrogen) atoms. The Kier molecular flexibility index (Phi) is 4.93. The Morgan fingerprint density at radius 2 is 2.32 bits per heavy atom. The van der Waals surface area contributed by atoms with Gasteiger partial charge in [0.1, 0.15) is 5.01 Å². The van der Waals surface area contributed by atoms with Crippen molar-refractivity contribution in [1.29, 1.82) is 0 Å². The molecular weight excluding hydrogens is 258 g/mol. The second kappa shape index (κ2) is 6.48. The number of carbonyl (C=O) groups is 1. The van der Waals surface area contributed by atoms with Crippen molar-refractivity contribution in [2.45, 2.75) is 58.0 Å². The van der Waals surface area contributed by atoms with Gasteiger partial charge in [-0.3, -0.25) is 4.79 Å². The average molecular weight is 281 g/mol. The number of nitrogens with one attached hydrogen (secondary N) is 1. The van der Waals surface area contributed by atoms with Crippen LogP contribution in [0.4, 0.5) is 0 Å². The summed E-state index contributed by atoms with van der Waals surface area (Å²) in [6, 6.07) is 0.183. The van der Waals surface area contributed by atoms with Crippen LogP contribution >= 0.6 is 11.3 Å². The number of rotatable bonds is 4. The number of hydrogen-bond acceptors (Lipinski definition) is 4. The molecule has 0 spiro atoms. The third-order valence-corrected chi connectivity index (χ3v) is 4.95. The van der Waals surface area contributed by atoms with Crippen LogP contribution in [-0.4, -0.2) is 16.9 Å². The van der Waals surface area contributed by atoms with E-state index in [1.807, 2.05) is 19.2 Å². The molecule has 3 N–H and O–H groups in total. The Hall–Kier alpha value is -0.940. The van der Waals surface area contributed by atoms with E-state index in [1.165, 1.54) is 12.8 Å². The number of aryl methyl sites for hydroxylation is 1. The Morgan fingerprint density at radius 3 is 2.95 bits per heavy atom. The first kappa shape index (κ1) is 14.5. The molecule has 0 radical (unpaired) electrons. The first-order valence-corrected chi connectivity index (χ1v) is 7.91. The molecule has 1 aliphatic rings. The number of nitrogens with zero attached hydrogens (tertiary/aromatic N) is 1. The SMILES string of the molecule is Cc1csc(C(C)NC(=O)CC2CCCCC2N)n1. The molecule has 3 unspecified atom stereocenters. The minimum atomic E-state index is -0.00832. The van der Waals surface area contributed by atoms with Crippen molar-refractivity contribution in [3.8, 4) is 0 Å². The molecule has 0 aliphatic heterocycles. The molecule has 1 aromatic heterocycles. The van der Waals surface area contributed by atoms with Gasteiger partial charge in [-0.1, -0.05) is 12.8 Å². The van der Waals surface area contributed by atoms with Gasteiger partial charge in [-0.15, -0.1) is 11.3 Å². The lowest BCUT2D eigenvalue weighted by molar-refractivity contribution is -0.123. The Balaban J connectivity index is 1.83. The van der Waals surface area contributed by atoms with Gasteiger partial charge in [0.2, 0.25) is 5.91 Å². The molecule has 0 aromatic carbocycles. The molecule has 1 amide bonds. The van der Waals surface area contributed by atoms with Crippen LogP contribution in [0.1, 0.15) is 55.8 Å². The number of thiazole rings is 1. The summed E-state index contributed by atoms with van der Waals surface area (Å²) in [6.07, 6.45) is 5.09. The van der Waals surface area contributed by atoms with Gasteiger partial charge in [-0.25, -0.2) is 4.98 Å². The van der Waals surface area contributed by atoms with Gasteiger partial charge in [0, 0.05) is 23.5 Å². The summed E-state index contributed by atoms with van der Waals surface area (Å²) in [5, 5.41) is 6.01. The van der Waals surface area contributed by atoms with E-state index in [0.717, 1.165) is 23.5 Å². The fraction of sp³-hybridized carbons (Fsp3) is 0.714. The maximum atomic E-state index is 12.1. The van der Waals surface area contributed by atoms with Gasteiger partial charge < -0.3 is 11.1 Å². The van der Waals surface area contributed by atoms with Crippen LogP contribution in [0.3, 0.4) is 0 Å². The molecule has 1 aliphatic carbocycles. The van der Waals surface area contributed by atoms with Crippen molar-refractivity contribution in [1.82, 2.24) is 10.3 Å². The highest BCUT2D eigenvalue weighted by atomic mass is 32.1. The maximum Gasteiger partial charge on any atom is 0.220 e. The predicted octanol–water partition coefficient (Wildman–Crippen LogP) is 2.54. The lowest BCUT2D eigenvalue weighted by atomic mass is 9.83. The monoisotopic (exact) mass is 281 g/mol. The Labute approximate surface area is 118 Å². The smallest absolute Gasteiger partial charge is 0.220 e. The van der Waals surface area contributed by atoms with Crippen molar-refractivity contribution in [3.63, 3.8) is 0 Å². The highest BCUT2D eigenvalue weighted by molar-refractivity contribution is 7.09. The van der Waals surface area contributed by atoms with Crippen molar-refractivity contribution in [2.24, 2.45) is 11.7 Å². The zero-order valence-electron chi connectivity index (χ0n) is 11.7. The molecular formula is C14H23N3OS. The van der Waals surface area contributed by atoms with Crippen molar-refractivity contribution >= 4 is 17.2 Å². The highest BCUT2D eigenvalue weighted by Gasteiger charge is 2.25. The number of amides is 1. The summed E-state index contributed by atoms with van der Waals surface area (Å²) >= 11 is 1.60. The Bertz CT molecular complexity index is 432. The molecule has 0 saturated heterocycles. The minimum Gasteiger partial charge on any atom is -0.347 e. The van der Waals surface area contributed by atoms with E-state index in [4.69, 9.17) is 5.73 Å². The third kappa shape index (κ3) is 4.01. The quantitative estimate of drug-likeness (QED) is 0.891. The van der Waals surface area contributed by atoms with Crippen LogP contribution in [0, 0.1) is 12.8 Å². The van der Waals surface area contributed by atoms with Crippen molar-refractivity contribution in [2.75, 3.05) is 0 Å². The average Bonchev–Trinajstić information content (AvgIpc) is 2.79. The van der Waals surface area contributed by atoms with E-state index < -0.39 is 0 Å². The zero-order chi connectivity index (χ0) is 13.8. The van der Waals surface area contributed by atoms with E-state index in [1.54, 1.807) is 11.3 Å². The molecule has 1 aromatic rings. The number of nitrogens with two attached hydrogens (primary N) is 1. The second-order valence-electron chi connectivity index (χ2n) is 5.53. The Morgan fingerprint density at radius 1 is 1.58 bits per heavy atom. The number of aromatic nitrogens is 1. The van der Waals surface area contributed by atoms with Crippen molar-refractivity contribution in [3.05, 3.63) is 16.1 Å². The normalized spacial score (nSPS) is 25.0. The van der Waals surface area contributed by atoms with Crippen molar-refractivity contribution < 1.29 is 4.79 Å². The lowest BCUT2D eigenvalue weighted by Crippen LogP contribution is -2.37. The molecule has 3 atom stereocenters. The maximum absolute atomic E-state index is 12.1. The highest BCUT2D eigenvalue weighted by Crippen LogP contribution is 2.26.